The van der Waals surface area contributed by atoms with Crippen molar-refractivity contribution in [2.24, 2.45) is 0 Å². The zero-order valence-electron chi connectivity index (χ0n) is 10.7. The number of carbonyl (C=O) groups is 2. The minimum atomic E-state index is -0.144. The molecule has 0 atom stereocenters. The van der Waals surface area contributed by atoms with Crippen molar-refractivity contribution < 1.29 is 14.3 Å². The summed E-state index contributed by atoms with van der Waals surface area (Å²) in [5.74, 6) is -0.257. The first kappa shape index (κ1) is 14.6. The van der Waals surface area contributed by atoms with E-state index < -0.39 is 0 Å². The first-order valence-corrected chi connectivity index (χ1v) is 6.87. The van der Waals surface area contributed by atoms with Crippen LogP contribution in [0.2, 0.25) is 0 Å². The van der Waals surface area contributed by atoms with Crippen LogP contribution in [0.3, 0.4) is 0 Å². The number of thiazole rings is 1. The maximum atomic E-state index is 11.1. The quantitative estimate of drug-likeness (QED) is 0.610. The molecule has 18 heavy (non-hydrogen) atoms. The fourth-order valence-electron chi connectivity index (χ4n) is 1.44. The number of aryl methyl sites for hydroxylation is 1. The van der Waals surface area contributed by atoms with E-state index in [0.717, 1.165) is 25.0 Å². The molecule has 0 radical (unpaired) electrons. The molecule has 1 N–H and O–H groups in total. The summed E-state index contributed by atoms with van der Waals surface area (Å²) in [5, 5.41) is 5.20. The molecule has 100 valence electrons. The van der Waals surface area contributed by atoms with Gasteiger partial charge in [-0.25, -0.2) is 4.98 Å². The van der Waals surface area contributed by atoms with E-state index in [9.17, 15) is 9.59 Å². The van der Waals surface area contributed by atoms with Crippen molar-refractivity contribution in [2.75, 3.05) is 11.9 Å². The second-order valence-corrected chi connectivity index (χ2v) is 4.70. The van der Waals surface area contributed by atoms with Gasteiger partial charge in [-0.05, 0) is 26.2 Å². The summed E-state index contributed by atoms with van der Waals surface area (Å²) in [7, 11) is 0. The van der Waals surface area contributed by atoms with Crippen LogP contribution in [0.4, 0.5) is 5.13 Å². The number of hydrogen-bond donors (Lipinski definition) is 1. The van der Waals surface area contributed by atoms with Crippen molar-refractivity contribution in [3.05, 3.63) is 11.1 Å². The van der Waals surface area contributed by atoms with Crippen LogP contribution < -0.4 is 5.32 Å². The van der Waals surface area contributed by atoms with Gasteiger partial charge < -0.3 is 10.1 Å². The molecular formula is C12H18N2O3S. The van der Waals surface area contributed by atoms with E-state index in [1.54, 1.807) is 6.92 Å². The van der Waals surface area contributed by atoms with E-state index in [1.165, 1.54) is 18.3 Å². The fourth-order valence-corrected chi connectivity index (χ4v) is 2.23. The first-order valence-electron chi connectivity index (χ1n) is 5.99. The number of hydrogen-bond acceptors (Lipinski definition) is 5. The zero-order valence-corrected chi connectivity index (χ0v) is 11.5. The van der Waals surface area contributed by atoms with E-state index in [-0.39, 0.29) is 11.9 Å². The van der Waals surface area contributed by atoms with Crippen LogP contribution in [0.25, 0.3) is 0 Å². The van der Waals surface area contributed by atoms with Crippen LogP contribution in [0.1, 0.15) is 38.8 Å². The van der Waals surface area contributed by atoms with Crippen LogP contribution in [-0.4, -0.2) is 23.5 Å². The molecule has 1 amide bonds. The highest BCUT2D eigenvalue weighted by molar-refractivity contribution is 7.13. The molecule has 0 saturated carbocycles. The Labute approximate surface area is 111 Å². The number of ether oxygens (including phenoxy) is 1. The molecule has 0 aromatic carbocycles. The lowest BCUT2D eigenvalue weighted by molar-refractivity contribution is -0.143. The minimum absolute atomic E-state index is 0.113. The molecule has 1 rings (SSSR count). The standard InChI is InChI=1S/C12H18N2O3S/c1-3-17-11(16)7-5-4-6-10-8-18-12(14-10)13-9(2)15/h8H,3-7H2,1-2H3,(H,13,14,15). The lowest BCUT2D eigenvalue weighted by Gasteiger charge is -2.00. The minimum Gasteiger partial charge on any atom is -0.466 e. The predicted octanol–water partition coefficient (Wildman–Crippen LogP) is 2.38. The van der Waals surface area contributed by atoms with Crippen molar-refractivity contribution in [3.8, 4) is 0 Å². The Morgan fingerprint density at radius 3 is 2.89 bits per heavy atom. The Morgan fingerprint density at radius 2 is 2.22 bits per heavy atom. The van der Waals surface area contributed by atoms with Gasteiger partial charge in [0.2, 0.25) is 5.91 Å². The third-order valence-corrected chi connectivity index (χ3v) is 3.01. The molecule has 1 heterocycles. The second-order valence-electron chi connectivity index (χ2n) is 3.84. The van der Waals surface area contributed by atoms with Crippen LogP contribution in [0, 0.1) is 0 Å². The van der Waals surface area contributed by atoms with E-state index in [1.807, 2.05) is 5.38 Å². The molecular weight excluding hydrogens is 252 g/mol. The highest BCUT2D eigenvalue weighted by Crippen LogP contribution is 2.17. The van der Waals surface area contributed by atoms with Crippen molar-refractivity contribution in [1.82, 2.24) is 4.98 Å². The predicted molar refractivity (Wildman–Crippen MR) is 70.6 cm³/mol. The Morgan fingerprint density at radius 1 is 1.44 bits per heavy atom. The Bertz CT molecular complexity index is 404. The average molecular weight is 270 g/mol. The highest BCUT2D eigenvalue weighted by atomic mass is 32.1. The first-order chi connectivity index (χ1) is 8.61. The van der Waals surface area contributed by atoms with Crippen molar-refractivity contribution >= 4 is 28.3 Å². The maximum absolute atomic E-state index is 11.1. The number of esters is 1. The number of amides is 1. The highest BCUT2D eigenvalue weighted by Gasteiger charge is 2.05. The lowest BCUT2D eigenvalue weighted by Crippen LogP contribution is -2.05. The number of rotatable bonds is 7. The molecule has 0 aliphatic carbocycles. The van der Waals surface area contributed by atoms with Gasteiger partial charge in [0.1, 0.15) is 0 Å². The van der Waals surface area contributed by atoms with E-state index in [4.69, 9.17) is 4.74 Å². The summed E-state index contributed by atoms with van der Waals surface area (Å²) in [6, 6.07) is 0. The zero-order chi connectivity index (χ0) is 13.4. The van der Waals surface area contributed by atoms with E-state index in [2.05, 4.69) is 10.3 Å². The van der Waals surface area contributed by atoms with Gasteiger partial charge in [-0.1, -0.05) is 0 Å². The molecule has 0 fully saturated rings. The normalized spacial score (nSPS) is 10.1. The van der Waals surface area contributed by atoms with Gasteiger partial charge >= 0.3 is 5.97 Å². The maximum Gasteiger partial charge on any atom is 0.305 e. The molecule has 1 aromatic rings. The summed E-state index contributed by atoms with van der Waals surface area (Å²) in [5.41, 5.74) is 0.951. The van der Waals surface area contributed by atoms with E-state index in [0.29, 0.717) is 18.2 Å². The van der Waals surface area contributed by atoms with Crippen LogP contribution in [0.5, 0.6) is 0 Å². The Balaban J connectivity index is 2.21. The van der Waals surface area contributed by atoms with Gasteiger partial charge in [0.15, 0.2) is 5.13 Å². The number of unbranched alkanes of at least 4 members (excludes halogenated alkanes) is 1. The van der Waals surface area contributed by atoms with E-state index >= 15 is 0 Å². The third-order valence-electron chi connectivity index (χ3n) is 2.20. The van der Waals surface area contributed by atoms with Gasteiger partial charge in [-0.2, -0.15) is 0 Å². The topological polar surface area (TPSA) is 68.3 Å². The largest absolute Gasteiger partial charge is 0.466 e. The summed E-state index contributed by atoms with van der Waals surface area (Å²) in [6.07, 6.45) is 2.96. The van der Waals surface area contributed by atoms with Gasteiger partial charge in [0.25, 0.3) is 0 Å². The van der Waals surface area contributed by atoms with Crippen LogP contribution in [-0.2, 0) is 20.7 Å². The Hall–Kier alpha value is -1.43. The number of nitrogens with one attached hydrogen (secondary N) is 1. The summed E-state index contributed by atoms with van der Waals surface area (Å²) >= 11 is 1.42. The summed E-state index contributed by atoms with van der Waals surface area (Å²) in [4.78, 5) is 26.2. The summed E-state index contributed by atoms with van der Waals surface area (Å²) in [6.45, 7) is 3.70. The molecule has 5 nitrogen and oxygen atoms in total. The van der Waals surface area contributed by atoms with Crippen molar-refractivity contribution in [2.45, 2.75) is 39.5 Å². The van der Waals surface area contributed by atoms with Crippen LogP contribution >= 0.6 is 11.3 Å². The lowest BCUT2D eigenvalue weighted by atomic mass is 10.1. The second kappa shape index (κ2) is 7.81. The van der Waals surface area contributed by atoms with Gasteiger partial charge in [-0.3, -0.25) is 9.59 Å². The smallest absolute Gasteiger partial charge is 0.305 e. The fraction of sp³-hybridized carbons (Fsp3) is 0.583. The third kappa shape index (κ3) is 5.77. The number of carbonyl (C=O) groups excluding carboxylic acids is 2. The molecule has 0 saturated heterocycles. The average Bonchev–Trinajstić information content (AvgIpc) is 2.71. The van der Waals surface area contributed by atoms with Gasteiger partial charge in [0.05, 0.1) is 12.3 Å². The Kier molecular flexibility index (Phi) is 6.35. The van der Waals surface area contributed by atoms with Crippen molar-refractivity contribution in [3.63, 3.8) is 0 Å². The summed E-state index contributed by atoms with van der Waals surface area (Å²) < 4.78 is 4.84. The molecule has 0 bridgehead atoms. The SMILES string of the molecule is CCOC(=O)CCCCc1csc(NC(C)=O)n1. The molecule has 0 unspecified atom stereocenters. The van der Waals surface area contributed by atoms with Gasteiger partial charge in [0, 0.05) is 18.7 Å². The molecule has 0 aliphatic heterocycles. The number of anilines is 1. The molecule has 0 aliphatic rings. The molecule has 6 heteroatoms. The number of aromatic nitrogens is 1. The van der Waals surface area contributed by atoms with Crippen LogP contribution in [0.15, 0.2) is 5.38 Å². The van der Waals surface area contributed by atoms with Crippen molar-refractivity contribution in [1.29, 1.82) is 0 Å². The van der Waals surface area contributed by atoms with Gasteiger partial charge in [-0.15, -0.1) is 11.3 Å². The monoisotopic (exact) mass is 270 g/mol. The molecule has 0 spiro atoms. The molecule has 1 aromatic heterocycles. The number of nitrogens with zero attached hydrogens (tertiary/aromatic N) is 1.